The van der Waals surface area contributed by atoms with Crippen LogP contribution in [0.2, 0.25) is 0 Å². The second-order valence-electron chi connectivity index (χ2n) is 7.02. The van der Waals surface area contributed by atoms with Crippen LogP contribution in [0.5, 0.6) is 11.5 Å². The van der Waals surface area contributed by atoms with Gasteiger partial charge in [0.25, 0.3) is 0 Å². The summed E-state index contributed by atoms with van der Waals surface area (Å²) >= 11 is 0. The molecule has 0 amide bonds. The first-order chi connectivity index (χ1) is 13.9. The lowest BCUT2D eigenvalue weighted by atomic mass is 9.97. The number of rotatable bonds is 7. The number of fused-ring (bicyclic) bond motifs is 1. The van der Waals surface area contributed by atoms with E-state index in [-0.39, 0.29) is 5.92 Å². The van der Waals surface area contributed by atoms with E-state index in [9.17, 15) is 9.59 Å². The summed E-state index contributed by atoms with van der Waals surface area (Å²) < 4.78 is 15.9. The monoisotopic (exact) mass is 392 g/mol. The molecule has 0 N–H and O–H groups in total. The van der Waals surface area contributed by atoms with Crippen LogP contribution in [0.25, 0.3) is 11.1 Å². The third kappa shape index (κ3) is 4.57. The van der Waals surface area contributed by atoms with E-state index in [0.29, 0.717) is 23.7 Å². The van der Waals surface area contributed by atoms with Crippen molar-refractivity contribution in [3.05, 3.63) is 72.3 Å². The number of carbonyl (C=O) groups excluding carboxylic acids is 2. The fourth-order valence-electron chi connectivity index (χ4n) is 3.42. The molecule has 3 rings (SSSR count). The van der Waals surface area contributed by atoms with Crippen molar-refractivity contribution in [1.29, 1.82) is 0 Å². The van der Waals surface area contributed by atoms with Crippen molar-refractivity contribution in [3.8, 4) is 22.6 Å². The lowest BCUT2D eigenvalue weighted by Crippen LogP contribution is -2.09. The third-order valence-electron chi connectivity index (χ3n) is 4.99. The van der Waals surface area contributed by atoms with Crippen LogP contribution in [0.15, 0.2) is 61.2 Å². The standard InChI is InChI=1S/C24H24O5/c1-5-23(25)28-14-19-7-6-18-12-16(8-10-20(18)19)17-9-11-21(27-4)22(13-17)29-24(26)15(2)3/h5,8-13,19H,1-2,6-7,14H2,3-4H3. The predicted molar refractivity (Wildman–Crippen MR) is 111 cm³/mol. The molecule has 5 heteroatoms. The van der Waals surface area contributed by atoms with Gasteiger partial charge in [0.1, 0.15) is 0 Å². The molecular formula is C24H24O5. The zero-order valence-electron chi connectivity index (χ0n) is 16.7. The molecular weight excluding hydrogens is 368 g/mol. The lowest BCUT2D eigenvalue weighted by Gasteiger charge is -2.13. The Kier molecular flexibility index (Phi) is 6.17. The highest BCUT2D eigenvalue weighted by atomic mass is 16.6. The Morgan fingerprint density at radius 1 is 1.14 bits per heavy atom. The number of hydrogen-bond acceptors (Lipinski definition) is 5. The molecule has 5 nitrogen and oxygen atoms in total. The zero-order chi connectivity index (χ0) is 21.0. The largest absolute Gasteiger partial charge is 0.493 e. The Morgan fingerprint density at radius 3 is 2.55 bits per heavy atom. The fourth-order valence-corrected chi connectivity index (χ4v) is 3.42. The summed E-state index contributed by atoms with van der Waals surface area (Å²) in [5, 5.41) is 0. The van der Waals surface area contributed by atoms with E-state index in [1.807, 2.05) is 12.1 Å². The number of benzene rings is 2. The minimum Gasteiger partial charge on any atom is -0.493 e. The molecule has 1 unspecified atom stereocenters. The first-order valence-corrected chi connectivity index (χ1v) is 9.41. The van der Waals surface area contributed by atoms with Gasteiger partial charge in [0.2, 0.25) is 0 Å². The maximum Gasteiger partial charge on any atom is 0.338 e. The Balaban J connectivity index is 1.85. The van der Waals surface area contributed by atoms with Gasteiger partial charge in [-0.3, -0.25) is 0 Å². The molecule has 0 aromatic heterocycles. The normalized spacial score (nSPS) is 14.6. The molecule has 0 saturated carbocycles. The number of hydrogen-bond donors (Lipinski definition) is 0. The lowest BCUT2D eigenvalue weighted by molar-refractivity contribution is -0.138. The molecule has 1 atom stereocenters. The van der Waals surface area contributed by atoms with Gasteiger partial charge in [-0.1, -0.05) is 37.4 Å². The predicted octanol–water partition coefficient (Wildman–Crippen LogP) is 4.60. The van der Waals surface area contributed by atoms with E-state index in [0.717, 1.165) is 24.0 Å². The van der Waals surface area contributed by atoms with Crippen molar-refractivity contribution in [2.75, 3.05) is 13.7 Å². The van der Waals surface area contributed by atoms with Crippen molar-refractivity contribution < 1.29 is 23.8 Å². The van der Waals surface area contributed by atoms with Crippen LogP contribution in [0.1, 0.15) is 30.4 Å². The zero-order valence-corrected chi connectivity index (χ0v) is 16.7. The van der Waals surface area contributed by atoms with Gasteiger partial charge in [-0.05, 0) is 54.2 Å². The Hall–Kier alpha value is -3.34. The van der Waals surface area contributed by atoms with Gasteiger partial charge in [-0.15, -0.1) is 0 Å². The van der Waals surface area contributed by atoms with Crippen LogP contribution in [-0.4, -0.2) is 25.7 Å². The molecule has 0 spiro atoms. The quantitative estimate of drug-likeness (QED) is 0.391. The van der Waals surface area contributed by atoms with Crippen molar-refractivity contribution in [2.45, 2.75) is 25.7 Å². The van der Waals surface area contributed by atoms with E-state index < -0.39 is 11.9 Å². The summed E-state index contributed by atoms with van der Waals surface area (Å²) in [5.41, 5.74) is 4.69. The summed E-state index contributed by atoms with van der Waals surface area (Å²) in [6, 6.07) is 11.7. The molecule has 0 radical (unpaired) electrons. The van der Waals surface area contributed by atoms with Crippen LogP contribution in [0.3, 0.4) is 0 Å². The topological polar surface area (TPSA) is 61.8 Å². The van der Waals surface area contributed by atoms with Gasteiger partial charge in [0.05, 0.1) is 13.7 Å². The Bertz CT molecular complexity index is 973. The summed E-state index contributed by atoms with van der Waals surface area (Å²) in [6.07, 6.45) is 3.04. The van der Waals surface area contributed by atoms with Gasteiger partial charge in [-0.25, -0.2) is 9.59 Å². The van der Waals surface area contributed by atoms with Gasteiger partial charge in [0, 0.05) is 17.6 Å². The van der Waals surface area contributed by atoms with E-state index in [1.165, 1.54) is 24.3 Å². The average Bonchev–Trinajstić information content (AvgIpc) is 3.14. The van der Waals surface area contributed by atoms with Crippen molar-refractivity contribution in [3.63, 3.8) is 0 Å². The van der Waals surface area contributed by atoms with Gasteiger partial charge >= 0.3 is 11.9 Å². The fraction of sp³-hybridized carbons (Fsp3) is 0.250. The SMILES string of the molecule is C=CC(=O)OCC1CCc2cc(-c3ccc(OC)c(OC(=O)C(=C)C)c3)ccc21. The molecule has 0 fully saturated rings. The first-order valence-electron chi connectivity index (χ1n) is 9.41. The highest BCUT2D eigenvalue weighted by Gasteiger charge is 2.24. The Morgan fingerprint density at radius 2 is 1.86 bits per heavy atom. The van der Waals surface area contributed by atoms with Crippen LogP contribution >= 0.6 is 0 Å². The average molecular weight is 392 g/mol. The molecule has 29 heavy (non-hydrogen) atoms. The van der Waals surface area contributed by atoms with E-state index in [2.05, 4.69) is 25.3 Å². The highest BCUT2D eigenvalue weighted by Crippen LogP contribution is 2.38. The number of esters is 2. The summed E-state index contributed by atoms with van der Waals surface area (Å²) in [5.74, 6) is 0.142. The minimum atomic E-state index is -0.494. The summed E-state index contributed by atoms with van der Waals surface area (Å²) in [6.45, 7) is 9.00. The van der Waals surface area contributed by atoms with Crippen molar-refractivity contribution in [2.24, 2.45) is 0 Å². The molecule has 150 valence electrons. The van der Waals surface area contributed by atoms with Gasteiger partial charge in [-0.2, -0.15) is 0 Å². The summed E-state index contributed by atoms with van der Waals surface area (Å²) in [7, 11) is 1.53. The summed E-state index contributed by atoms with van der Waals surface area (Å²) in [4.78, 5) is 23.3. The second kappa shape index (κ2) is 8.78. The van der Waals surface area contributed by atoms with Crippen LogP contribution in [-0.2, 0) is 20.7 Å². The van der Waals surface area contributed by atoms with Crippen LogP contribution < -0.4 is 9.47 Å². The van der Waals surface area contributed by atoms with Crippen LogP contribution in [0.4, 0.5) is 0 Å². The molecule has 2 aromatic carbocycles. The van der Waals surface area contributed by atoms with E-state index in [1.54, 1.807) is 19.1 Å². The molecule has 1 aliphatic rings. The van der Waals surface area contributed by atoms with Crippen molar-refractivity contribution >= 4 is 11.9 Å². The number of methoxy groups -OCH3 is 1. The number of carbonyl (C=O) groups is 2. The molecule has 0 heterocycles. The molecule has 2 aromatic rings. The smallest absolute Gasteiger partial charge is 0.338 e. The molecule has 0 saturated heterocycles. The molecule has 1 aliphatic carbocycles. The Labute approximate surface area is 170 Å². The third-order valence-corrected chi connectivity index (χ3v) is 4.99. The van der Waals surface area contributed by atoms with Crippen LogP contribution in [0, 0.1) is 0 Å². The van der Waals surface area contributed by atoms with Crippen molar-refractivity contribution in [1.82, 2.24) is 0 Å². The maximum absolute atomic E-state index is 11.9. The highest BCUT2D eigenvalue weighted by molar-refractivity contribution is 5.89. The number of aryl methyl sites for hydroxylation is 1. The van der Waals surface area contributed by atoms with E-state index >= 15 is 0 Å². The molecule has 0 aliphatic heterocycles. The molecule has 0 bridgehead atoms. The number of ether oxygens (including phenoxy) is 3. The second-order valence-corrected chi connectivity index (χ2v) is 7.02. The van der Waals surface area contributed by atoms with Gasteiger partial charge in [0.15, 0.2) is 11.5 Å². The van der Waals surface area contributed by atoms with Gasteiger partial charge < -0.3 is 14.2 Å². The van der Waals surface area contributed by atoms with E-state index in [4.69, 9.17) is 14.2 Å². The maximum atomic E-state index is 11.9. The minimum absolute atomic E-state index is 0.200. The first kappa shape index (κ1) is 20.4.